The lowest BCUT2D eigenvalue weighted by Crippen LogP contribution is -2.54. The first-order chi connectivity index (χ1) is 15.7. The van der Waals surface area contributed by atoms with E-state index in [1.54, 1.807) is 42.7 Å². The lowest BCUT2D eigenvalue weighted by atomic mass is 9.89. The predicted octanol–water partition coefficient (Wildman–Crippen LogP) is 3.20. The van der Waals surface area contributed by atoms with Crippen LogP contribution in [0.15, 0.2) is 42.5 Å². The summed E-state index contributed by atoms with van der Waals surface area (Å²) in [4.78, 5) is 62.6. The van der Waals surface area contributed by atoms with Crippen molar-refractivity contribution in [3.8, 4) is 5.75 Å². The number of hydrogen-bond acceptors (Lipinski definition) is 7. The van der Waals surface area contributed by atoms with Gasteiger partial charge in [0, 0.05) is 24.8 Å². The molecule has 0 spiro atoms. The van der Waals surface area contributed by atoms with E-state index in [4.69, 9.17) is 4.18 Å². The Morgan fingerprint density at radius 2 is 1.76 bits per heavy atom. The number of nitrogens with zero attached hydrogens (tertiary/aromatic N) is 1. The molecule has 9 heteroatoms. The Bertz CT molecular complexity index is 1110. The summed E-state index contributed by atoms with van der Waals surface area (Å²) < 4.78 is 5.28. The molecule has 0 unspecified atom stereocenters. The first-order valence-electron chi connectivity index (χ1n) is 10.3. The molecule has 1 aliphatic rings. The molecule has 33 heavy (non-hydrogen) atoms. The van der Waals surface area contributed by atoms with Gasteiger partial charge >= 0.3 is 0 Å². The number of benzene rings is 2. The Hall–Kier alpha value is -3.46. The van der Waals surface area contributed by atoms with Gasteiger partial charge in [-0.05, 0) is 62.2 Å². The minimum atomic E-state index is -1.41. The van der Waals surface area contributed by atoms with Crippen molar-refractivity contribution in [2.24, 2.45) is 0 Å². The Balaban J connectivity index is 1.76. The number of carbonyl (C=O) groups is 5. The maximum absolute atomic E-state index is 13.1. The average molecular weight is 469 g/mol. The van der Waals surface area contributed by atoms with Crippen molar-refractivity contribution in [2.75, 3.05) is 6.26 Å². The Morgan fingerprint density at radius 3 is 2.36 bits per heavy atom. The molecule has 0 saturated heterocycles. The summed E-state index contributed by atoms with van der Waals surface area (Å²) in [6, 6.07) is 11.4. The molecule has 3 amide bonds. The van der Waals surface area contributed by atoms with Crippen molar-refractivity contribution >= 4 is 41.8 Å². The van der Waals surface area contributed by atoms with E-state index in [-0.39, 0.29) is 42.2 Å². The van der Waals surface area contributed by atoms with Gasteiger partial charge in [0.2, 0.25) is 0 Å². The zero-order valence-electron chi connectivity index (χ0n) is 18.5. The molecule has 0 radical (unpaired) electrons. The summed E-state index contributed by atoms with van der Waals surface area (Å²) in [5.41, 5.74) is 0.0375. The van der Waals surface area contributed by atoms with E-state index < -0.39 is 17.4 Å². The fraction of sp³-hybridized carbons (Fsp3) is 0.292. The van der Waals surface area contributed by atoms with E-state index in [0.29, 0.717) is 23.2 Å². The van der Waals surface area contributed by atoms with E-state index in [0.717, 1.165) is 4.90 Å². The predicted molar refractivity (Wildman–Crippen MR) is 123 cm³/mol. The molecule has 0 saturated carbocycles. The smallest absolute Gasteiger partial charge is 0.262 e. The highest BCUT2D eigenvalue weighted by atomic mass is 32.2. The highest BCUT2D eigenvalue weighted by molar-refractivity contribution is 7.94. The summed E-state index contributed by atoms with van der Waals surface area (Å²) in [5, 5.41) is 2.78. The summed E-state index contributed by atoms with van der Waals surface area (Å²) in [5.74, 6) is -1.19. The molecule has 172 valence electrons. The quantitative estimate of drug-likeness (QED) is 0.324. The van der Waals surface area contributed by atoms with Crippen molar-refractivity contribution in [1.82, 2.24) is 10.2 Å². The molecule has 1 atom stereocenters. The minimum Gasteiger partial charge on any atom is -0.426 e. The van der Waals surface area contributed by atoms with Gasteiger partial charge in [0.25, 0.3) is 17.7 Å². The van der Waals surface area contributed by atoms with Crippen LogP contribution in [0.1, 0.15) is 63.3 Å². The zero-order chi connectivity index (χ0) is 24.2. The molecular weight excluding hydrogens is 444 g/mol. The first kappa shape index (κ1) is 24.2. The summed E-state index contributed by atoms with van der Waals surface area (Å²) in [6.45, 7) is 2.94. The average Bonchev–Trinajstić information content (AvgIpc) is 3.06. The van der Waals surface area contributed by atoms with Crippen molar-refractivity contribution in [1.29, 1.82) is 0 Å². The van der Waals surface area contributed by atoms with E-state index in [1.165, 1.54) is 32.0 Å². The standard InChI is InChI=1S/C24H24N2O6S/c1-15(28)24(2,11-4-12-27)26-22(30)19-10-5-16(13-20(19)23(26)31)14-25-21(29)17-6-8-18(9-7-17)32-33-3/h5-10,12-13H,4,11,14H2,1-3H3,(H,25,29)/t24-/m0/s1. The third-order valence-corrected chi connectivity index (χ3v) is 6.06. The molecular formula is C24H24N2O6S. The van der Waals surface area contributed by atoms with Crippen LogP contribution in [0.2, 0.25) is 0 Å². The lowest BCUT2D eigenvalue weighted by Gasteiger charge is -2.34. The molecule has 3 rings (SSSR count). The van der Waals surface area contributed by atoms with Crippen LogP contribution >= 0.6 is 12.0 Å². The number of carbonyl (C=O) groups excluding carboxylic acids is 5. The summed E-state index contributed by atoms with van der Waals surface area (Å²) in [6.07, 6.45) is 2.55. The number of imide groups is 1. The van der Waals surface area contributed by atoms with E-state index in [9.17, 15) is 24.0 Å². The number of ketones is 1. The van der Waals surface area contributed by atoms with Gasteiger partial charge in [-0.2, -0.15) is 0 Å². The number of aldehydes is 1. The molecule has 8 nitrogen and oxygen atoms in total. The van der Waals surface area contributed by atoms with Crippen molar-refractivity contribution in [2.45, 2.75) is 38.8 Å². The number of nitrogens with one attached hydrogen (secondary N) is 1. The second-order valence-corrected chi connectivity index (χ2v) is 8.32. The van der Waals surface area contributed by atoms with Gasteiger partial charge in [0.1, 0.15) is 17.6 Å². The number of rotatable bonds is 10. The highest BCUT2D eigenvalue weighted by Gasteiger charge is 2.48. The number of amides is 3. The Kier molecular flexibility index (Phi) is 7.33. The largest absolute Gasteiger partial charge is 0.426 e. The van der Waals surface area contributed by atoms with Gasteiger partial charge in [-0.15, -0.1) is 0 Å². The van der Waals surface area contributed by atoms with Crippen molar-refractivity contribution in [3.05, 3.63) is 64.7 Å². The molecule has 2 aromatic rings. The van der Waals surface area contributed by atoms with Gasteiger partial charge in [-0.1, -0.05) is 6.07 Å². The van der Waals surface area contributed by atoms with Crippen molar-refractivity contribution in [3.63, 3.8) is 0 Å². The maximum atomic E-state index is 13.1. The fourth-order valence-electron chi connectivity index (χ4n) is 3.67. The SMILES string of the molecule is CSOc1ccc(C(=O)NCc2ccc3c(c2)C(=O)N([C@@](C)(CCC=O)C(C)=O)C3=O)cc1. The van der Waals surface area contributed by atoms with E-state index in [1.807, 2.05) is 0 Å². The Morgan fingerprint density at radius 1 is 1.09 bits per heavy atom. The van der Waals surface area contributed by atoms with Gasteiger partial charge in [0.05, 0.1) is 23.2 Å². The topological polar surface area (TPSA) is 110 Å². The van der Waals surface area contributed by atoms with Gasteiger partial charge in [-0.3, -0.25) is 24.1 Å². The van der Waals surface area contributed by atoms with Gasteiger partial charge < -0.3 is 14.3 Å². The zero-order valence-corrected chi connectivity index (χ0v) is 19.4. The third-order valence-electron chi connectivity index (χ3n) is 5.70. The number of fused-ring (bicyclic) bond motifs is 1. The molecule has 0 fully saturated rings. The van der Waals surface area contributed by atoms with Crippen LogP contribution < -0.4 is 9.50 Å². The second kappa shape index (κ2) is 9.99. The molecule has 0 aliphatic carbocycles. The maximum Gasteiger partial charge on any atom is 0.262 e. The van der Waals surface area contributed by atoms with Gasteiger partial charge in [-0.25, -0.2) is 0 Å². The molecule has 1 heterocycles. The molecule has 2 aromatic carbocycles. The van der Waals surface area contributed by atoms with E-state index >= 15 is 0 Å². The van der Waals surface area contributed by atoms with Crippen LogP contribution in [-0.2, 0) is 16.1 Å². The first-order valence-corrected chi connectivity index (χ1v) is 11.4. The van der Waals surface area contributed by atoms with Crippen LogP contribution in [0.5, 0.6) is 5.75 Å². The van der Waals surface area contributed by atoms with Crippen LogP contribution in [0.3, 0.4) is 0 Å². The third kappa shape index (κ3) is 4.83. The van der Waals surface area contributed by atoms with Crippen LogP contribution in [0.4, 0.5) is 0 Å². The minimum absolute atomic E-state index is 0.0468. The fourth-order valence-corrected chi connectivity index (χ4v) is 3.98. The second-order valence-electron chi connectivity index (χ2n) is 7.82. The monoisotopic (exact) mass is 468 g/mol. The van der Waals surface area contributed by atoms with Crippen LogP contribution in [0, 0.1) is 0 Å². The highest BCUT2D eigenvalue weighted by Crippen LogP contribution is 2.33. The van der Waals surface area contributed by atoms with Crippen LogP contribution in [-0.4, -0.2) is 46.5 Å². The van der Waals surface area contributed by atoms with Crippen LogP contribution in [0.25, 0.3) is 0 Å². The molecule has 1 N–H and O–H groups in total. The van der Waals surface area contributed by atoms with Gasteiger partial charge in [0.15, 0.2) is 5.78 Å². The molecule has 0 aromatic heterocycles. The number of Topliss-reactive ketones (excluding diaryl/α,β-unsaturated/α-hetero) is 1. The number of hydrogen-bond donors (Lipinski definition) is 1. The molecule has 0 bridgehead atoms. The lowest BCUT2D eigenvalue weighted by molar-refractivity contribution is -0.126. The van der Waals surface area contributed by atoms with E-state index in [2.05, 4.69) is 5.32 Å². The summed E-state index contributed by atoms with van der Waals surface area (Å²) in [7, 11) is 0. The normalized spacial score (nSPS) is 14.5. The molecule has 1 aliphatic heterocycles. The van der Waals surface area contributed by atoms with Crippen molar-refractivity contribution < 1.29 is 28.2 Å². The summed E-state index contributed by atoms with van der Waals surface area (Å²) >= 11 is 1.20. The Labute approximate surface area is 195 Å².